The van der Waals surface area contributed by atoms with Crippen LogP contribution in [0.2, 0.25) is 0 Å². The maximum Gasteiger partial charge on any atom is 0.354 e. The number of anilines is 1. The van der Waals surface area contributed by atoms with Crippen LogP contribution in [0, 0.1) is 11.7 Å². The topological polar surface area (TPSA) is 108 Å². The number of hydrogen-bond donors (Lipinski definition) is 2. The molecule has 1 aliphatic carbocycles. The largest absolute Gasteiger partial charge is 0.492 e. The number of alkyl halides is 1. The second-order valence-corrected chi connectivity index (χ2v) is 7.54. The molecule has 2 aliphatic rings. The van der Waals surface area contributed by atoms with Gasteiger partial charge in [-0.05, 0) is 31.1 Å². The van der Waals surface area contributed by atoms with E-state index in [0.717, 1.165) is 23.4 Å². The molecule has 2 fully saturated rings. The van der Waals surface area contributed by atoms with Crippen LogP contribution < -0.4 is 32.5 Å². The third kappa shape index (κ3) is 2.74. The Hall–Kier alpha value is -2.62. The molecule has 4 N–H and O–H groups in total. The number of rotatable bonds is 5. The summed E-state index contributed by atoms with van der Waals surface area (Å²) >= 11 is 0. The van der Waals surface area contributed by atoms with E-state index in [9.17, 15) is 14.0 Å². The molecule has 1 saturated heterocycles. The summed E-state index contributed by atoms with van der Waals surface area (Å²) in [6.45, 7) is 0.192. The van der Waals surface area contributed by atoms with Crippen molar-refractivity contribution < 1.29 is 13.5 Å². The zero-order chi connectivity index (χ0) is 20.2. The van der Waals surface area contributed by atoms with Crippen LogP contribution in [0.1, 0.15) is 30.7 Å². The highest BCUT2D eigenvalue weighted by molar-refractivity contribution is 5.78. The van der Waals surface area contributed by atoms with Gasteiger partial charge in [0.25, 0.3) is 5.56 Å². The summed E-state index contributed by atoms with van der Waals surface area (Å²) in [5, 5.41) is 0. The van der Waals surface area contributed by atoms with E-state index < -0.39 is 29.8 Å². The molecular formula is C18H23F2N5O3. The van der Waals surface area contributed by atoms with Gasteiger partial charge in [-0.25, -0.2) is 13.6 Å². The number of aromatic nitrogens is 2. The normalized spacial score (nSPS) is 20.7. The van der Waals surface area contributed by atoms with Crippen molar-refractivity contribution in [3.05, 3.63) is 38.4 Å². The average molecular weight is 395 g/mol. The van der Waals surface area contributed by atoms with Crippen LogP contribution in [0.5, 0.6) is 5.75 Å². The van der Waals surface area contributed by atoms with E-state index in [2.05, 4.69) is 0 Å². The molecule has 152 valence electrons. The van der Waals surface area contributed by atoms with Gasteiger partial charge in [-0.1, -0.05) is 0 Å². The number of fused-ring (bicyclic) bond motifs is 1. The molecule has 0 aromatic carbocycles. The van der Waals surface area contributed by atoms with E-state index in [0.29, 0.717) is 29.7 Å². The van der Waals surface area contributed by atoms with Gasteiger partial charge in [0.05, 0.1) is 18.9 Å². The molecule has 1 aliphatic heterocycles. The summed E-state index contributed by atoms with van der Waals surface area (Å²) in [5.41, 5.74) is 5.14. The number of halogens is 2. The fourth-order valence-electron chi connectivity index (χ4n) is 4.10. The Kier molecular flexibility index (Phi) is 4.53. The standard InChI is InChI=1S/C18H23F2N5O3/c1-28-16-14(23-5-4-10(7-23)12(21)6-19)11(20)8-24-15(16)13(9-2-3-9)17(26)25(22)18(24)27/h8-10,12H,2-7,21-22H2,1H3. The van der Waals surface area contributed by atoms with Crippen molar-refractivity contribution >= 4 is 11.2 Å². The van der Waals surface area contributed by atoms with Gasteiger partial charge in [-0.3, -0.25) is 9.20 Å². The molecule has 0 bridgehead atoms. The summed E-state index contributed by atoms with van der Waals surface area (Å²) in [6, 6.07) is -0.617. The predicted molar refractivity (Wildman–Crippen MR) is 101 cm³/mol. The van der Waals surface area contributed by atoms with Gasteiger partial charge < -0.3 is 21.2 Å². The summed E-state index contributed by atoms with van der Waals surface area (Å²) in [6.07, 6.45) is 3.23. The van der Waals surface area contributed by atoms with Crippen molar-refractivity contribution in [2.45, 2.75) is 31.2 Å². The minimum Gasteiger partial charge on any atom is -0.492 e. The zero-order valence-corrected chi connectivity index (χ0v) is 15.5. The fourth-order valence-corrected chi connectivity index (χ4v) is 4.10. The molecule has 0 amide bonds. The molecule has 0 spiro atoms. The van der Waals surface area contributed by atoms with Crippen molar-refractivity contribution in [1.82, 2.24) is 9.08 Å². The van der Waals surface area contributed by atoms with Gasteiger partial charge in [0.15, 0.2) is 11.6 Å². The molecular weight excluding hydrogens is 372 g/mol. The Balaban J connectivity index is 1.95. The lowest BCUT2D eigenvalue weighted by atomic mass is 10.0. The Labute approximate surface area is 159 Å². The Bertz CT molecular complexity index is 1050. The highest BCUT2D eigenvalue weighted by Crippen LogP contribution is 2.45. The van der Waals surface area contributed by atoms with Gasteiger partial charge in [0.1, 0.15) is 17.9 Å². The first kappa shape index (κ1) is 18.7. The molecule has 0 radical (unpaired) electrons. The molecule has 10 heteroatoms. The molecule has 4 rings (SSSR count). The zero-order valence-electron chi connectivity index (χ0n) is 15.5. The maximum atomic E-state index is 15.1. The number of hydrogen-bond acceptors (Lipinski definition) is 6. The lowest BCUT2D eigenvalue weighted by Crippen LogP contribution is -2.44. The average Bonchev–Trinajstić information content (AvgIpc) is 3.41. The summed E-state index contributed by atoms with van der Waals surface area (Å²) < 4.78 is 35.1. The molecule has 8 nitrogen and oxygen atoms in total. The first-order chi connectivity index (χ1) is 13.4. The monoisotopic (exact) mass is 395 g/mol. The van der Waals surface area contributed by atoms with Gasteiger partial charge >= 0.3 is 5.69 Å². The van der Waals surface area contributed by atoms with E-state index in [1.54, 1.807) is 4.90 Å². The highest BCUT2D eigenvalue weighted by Gasteiger charge is 2.36. The Morgan fingerprint density at radius 3 is 2.64 bits per heavy atom. The third-order valence-electron chi connectivity index (χ3n) is 5.77. The number of methoxy groups -OCH3 is 1. The quantitative estimate of drug-likeness (QED) is 0.706. The molecule has 2 aromatic rings. The smallest absolute Gasteiger partial charge is 0.354 e. The van der Waals surface area contributed by atoms with Crippen LogP contribution in [-0.2, 0) is 0 Å². The van der Waals surface area contributed by atoms with Crippen molar-refractivity contribution in [1.29, 1.82) is 0 Å². The molecule has 2 aromatic heterocycles. The van der Waals surface area contributed by atoms with Crippen LogP contribution in [0.3, 0.4) is 0 Å². The lowest BCUT2D eigenvalue weighted by molar-refractivity contribution is 0.350. The lowest BCUT2D eigenvalue weighted by Gasteiger charge is -2.25. The number of nitrogens with zero attached hydrogens (tertiary/aromatic N) is 3. The van der Waals surface area contributed by atoms with Crippen molar-refractivity contribution in [2.75, 3.05) is 37.6 Å². The van der Waals surface area contributed by atoms with Crippen molar-refractivity contribution in [2.24, 2.45) is 11.7 Å². The predicted octanol–water partition coefficient (Wildman–Crippen LogP) is 0.323. The van der Waals surface area contributed by atoms with E-state index in [4.69, 9.17) is 16.3 Å². The number of nitrogens with two attached hydrogens (primary N) is 2. The van der Waals surface area contributed by atoms with Crippen molar-refractivity contribution in [3.8, 4) is 5.75 Å². The molecule has 2 unspecified atom stereocenters. The summed E-state index contributed by atoms with van der Waals surface area (Å²) in [7, 11) is 1.37. The van der Waals surface area contributed by atoms with Crippen molar-refractivity contribution in [3.63, 3.8) is 0 Å². The van der Waals surface area contributed by atoms with Crippen LogP contribution in [0.4, 0.5) is 14.5 Å². The molecule has 28 heavy (non-hydrogen) atoms. The molecule has 2 atom stereocenters. The molecule has 3 heterocycles. The SMILES string of the molecule is COc1c(N2CCC(C(N)CF)C2)c(F)cn2c(=O)n(N)c(=O)c(C3CC3)c12. The minimum absolute atomic E-state index is 0.0450. The first-order valence-electron chi connectivity index (χ1n) is 9.28. The van der Waals surface area contributed by atoms with Crippen LogP contribution in [0.15, 0.2) is 15.8 Å². The Morgan fingerprint density at radius 2 is 2.04 bits per heavy atom. The van der Waals surface area contributed by atoms with Crippen LogP contribution >= 0.6 is 0 Å². The van der Waals surface area contributed by atoms with Gasteiger partial charge in [-0.2, -0.15) is 4.68 Å². The number of nitrogen functional groups attached to an aromatic ring is 1. The second kappa shape index (κ2) is 6.77. The summed E-state index contributed by atoms with van der Waals surface area (Å²) in [4.78, 5) is 26.9. The molecule has 1 saturated carbocycles. The second-order valence-electron chi connectivity index (χ2n) is 7.54. The van der Waals surface area contributed by atoms with E-state index in [-0.39, 0.29) is 28.8 Å². The Morgan fingerprint density at radius 1 is 1.32 bits per heavy atom. The van der Waals surface area contributed by atoms with Gasteiger partial charge in [-0.15, -0.1) is 0 Å². The first-order valence-corrected chi connectivity index (χ1v) is 9.28. The van der Waals surface area contributed by atoms with E-state index in [1.165, 1.54) is 7.11 Å². The van der Waals surface area contributed by atoms with E-state index >= 15 is 4.39 Å². The number of ether oxygens (including phenoxy) is 1. The third-order valence-corrected chi connectivity index (χ3v) is 5.77. The van der Waals surface area contributed by atoms with Gasteiger partial charge in [0.2, 0.25) is 0 Å². The van der Waals surface area contributed by atoms with Crippen LogP contribution in [-0.4, -0.2) is 42.0 Å². The highest BCUT2D eigenvalue weighted by atomic mass is 19.1. The fraction of sp³-hybridized carbons (Fsp3) is 0.556. The summed E-state index contributed by atoms with van der Waals surface area (Å²) in [5.74, 6) is 4.91. The number of pyridine rings is 1. The minimum atomic E-state index is -0.841. The van der Waals surface area contributed by atoms with E-state index in [1.807, 2.05) is 0 Å². The van der Waals surface area contributed by atoms with Crippen LogP contribution in [0.25, 0.3) is 5.52 Å². The maximum absolute atomic E-state index is 15.1. The van der Waals surface area contributed by atoms with Gasteiger partial charge in [0, 0.05) is 19.1 Å².